The SMILES string of the molecule is COc1cc2c(cc1OC)NC(=S)[C@H](c1ccccc1)CC2. The maximum absolute atomic E-state index is 5.63. The third-order valence-corrected chi connectivity index (χ3v) is 4.47. The molecule has 3 rings (SSSR count). The summed E-state index contributed by atoms with van der Waals surface area (Å²) in [6, 6.07) is 14.4. The van der Waals surface area contributed by atoms with E-state index in [9.17, 15) is 0 Å². The first kappa shape index (κ1) is 14.9. The van der Waals surface area contributed by atoms with Gasteiger partial charge in [-0.15, -0.1) is 0 Å². The molecule has 0 saturated heterocycles. The van der Waals surface area contributed by atoms with Gasteiger partial charge >= 0.3 is 0 Å². The summed E-state index contributed by atoms with van der Waals surface area (Å²) in [5.41, 5.74) is 3.48. The van der Waals surface area contributed by atoms with Gasteiger partial charge in [0.25, 0.3) is 0 Å². The average molecular weight is 313 g/mol. The van der Waals surface area contributed by atoms with Crippen LogP contribution in [0, 0.1) is 0 Å². The Bertz CT molecular complexity index is 685. The summed E-state index contributed by atoms with van der Waals surface area (Å²) in [5, 5.41) is 3.39. The van der Waals surface area contributed by atoms with Crippen LogP contribution >= 0.6 is 12.2 Å². The van der Waals surface area contributed by atoms with Gasteiger partial charge in [0, 0.05) is 17.7 Å². The smallest absolute Gasteiger partial charge is 0.162 e. The minimum absolute atomic E-state index is 0.237. The Balaban J connectivity index is 1.94. The summed E-state index contributed by atoms with van der Waals surface area (Å²) < 4.78 is 10.8. The Labute approximate surface area is 136 Å². The monoisotopic (exact) mass is 313 g/mol. The Hall–Kier alpha value is -2.07. The van der Waals surface area contributed by atoms with E-state index in [-0.39, 0.29) is 5.92 Å². The van der Waals surface area contributed by atoms with Gasteiger partial charge < -0.3 is 14.8 Å². The zero-order valence-corrected chi connectivity index (χ0v) is 13.6. The second kappa shape index (κ2) is 6.36. The van der Waals surface area contributed by atoms with Crippen LogP contribution in [0.3, 0.4) is 0 Å². The van der Waals surface area contributed by atoms with Crippen LogP contribution < -0.4 is 14.8 Å². The van der Waals surface area contributed by atoms with Crippen molar-refractivity contribution in [3.05, 3.63) is 53.6 Å². The first-order valence-electron chi connectivity index (χ1n) is 7.33. The molecule has 1 atom stereocenters. The molecular formula is C18H19NO2S. The molecule has 22 heavy (non-hydrogen) atoms. The number of fused-ring (bicyclic) bond motifs is 1. The summed E-state index contributed by atoms with van der Waals surface area (Å²) in [7, 11) is 3.30. The quantitative estimate of drug-likeness (QED) is 0.861. The average Bonchev–Trinajstić information content (AvgIpc) is 2.72. The maximum Gasteiger partial charge on any atom is 0.162 e. The minimum atomic E-state index is 0.237. The van der Waals surface area contributed by atoms with Gasteiger partial charge in [-0.05, 0) is 30.0 Å². The van der Waals surface area contributed by atoms with Gasteiger partial charge in [0.2, 0.25) is 0 Å². The zero-order chi connectivity index (χ0) is 15.5. The fourth-order valence-electron chi connectivity index (χ4n) is 2.90. The molecule has 3 nitrogen and oxygen atoms in total. The van der Waals surface area contributed by atoms with Gasteiger partial charge in [-0.2, -0.15) is 0 Å². The topological polar surface area (TPSA) is 30.5 Å². The molecule has 1 heterocycles. The van der Waals surface area contributed by atoms with Gasteiger partial charge in [0.05, 0.1) is 19.2 Å². The van der Waals surface area contributed by atoms with Crippen LogP contribution in [0.15, 0.2) is 42.5 Å². The van der Waals surface area contributed by atoms with Crippen molar-refractivity contribution < 1.29 is 9.47 Å². The highest BCUT2D eigenvalue weighted by Crippen LogP contribution is 2.38. The summed E-state index contributed by atoms with van der Waals surface area (Å²) in [6.07, 6.45) is 1.93. The molecule has 0 bridgehead atoms. The van der Waals surface area contributed by atoms with Crippen LogP contribution in [-0.4, -0.2) is 19.2 Å². The van der Waals surface area contributed by atoms with E-state index in [1.165, 1.54) is 11.1 Å². The molecule has 0 fully saturated rings. The van der Waals surface area contributed by atoms with Crippen molar-refractivity contribution in [1.82, 2.24) is 0 Å². The second-order valence-electron chi connectivity index (χ2n) is 5.36. The predicted molar refractivity (Wildman–Crippen MR) is 93.3 cm³/mol. The van der Waals surface area contributed by atoms with Crippen molar-refractivity contribution in [3.63, 3.8) is 0 Å². The van der Waals surface area contributed by atoms with Gasteiger partial charge in [-0.1, -0.05) is 42.5 Å². The molecule has 0 saturated carbocycles. The lowest BCUT2D eigenvalue weighted by Gasteiger charge is -2.16. The highest BCUT2D eigenvalue weighted by Gasteiger charge is 2.23. The summed E-state index contributed by atoms with van der Waals surface area (Å²) >= 11 is 5.63. The van der Waals surface area contributed by atoms with E-state index in [1.807, 2.05) is 18.2 Å². The van der Waals surface area contributed by atoms with Crippen LogP contribution in [0.25, 0.3) is 0 Å². The van der Waals surface area contributed by atoms with E-state index in [1.54, 1.807) is 14.2 Å². The number of aryl methyl sites for hydroxylation is 1. The molecule has 0 unspecified atom stereocenters. The van der Waals surface area contributed by atoms with Gasteiger partial charge in [-0.3, -0.25) is 0 Å². The number of rotatable bonds is 3. The van der Waals surface area contributed by atoms with Gasteiger partial charge in [-0.25, -0.2) is 0 Å². The molecule has 0 aliphatic carbocycles. The van der Waals surface area contributed by atoms with Crippen molar-refractivity contribution in [2.45, 2.75) is 18.8 Å². The normalized spacial score (nSPS) is 17.2. The van der Waals surface area contributed by atoms with Crippen molar-refractivity contribution in [1.29, 1.82) is 0 Å². The molecule has 0 radical (unpaired) electrons. The molecule has 2 aromatic rings. The van der Waals surface area contributed by atoms with Crippen LogP contribution in [0.4, 0.5) is 5.69 Å². The van der Waals surface area contributed by atoms with E-state index in [0.29, 0.717) is 0 Å². The first-order chi connectivity index (χ1) is 10.7. The summed E-state index contributed by atoms with van der Waals surface area (Å²) in [4.78, 5) is 0.858. The summed E-state index contributed by atoms with van der Waals surface area (Å²) in [5.74, 6) is 1.71. The number of hydrogen-bond donors (Lipinski definition) is 1. The van der Waals surface area contributed by atoms with Crippen LogP contribution in [0.5, 0.6) is 11.5 Å². The Kier molecular flexibility index (Phi) is 4.29. The first-order valence-corrected chi connectivity index (χ1v) is 7.74. The van der Waals surface area contributed by atoms with E-state index >= 15 is 0 Å². The van der Waals surface area contributed by atoms with E-state index < -0.39 is 0 Å². The fourth-order valence-corrected chi connectivity index (χ4v) is 3.26. The third-order valence-electron chi connectivity index (χ3n) is 4.09. The molecule has 1 aliphatic heterocycles. The van der Waals surface area contributed by atoms with Crippen molar-refractivity contribution in [2.75, 3.05) is 19.5 Å². The molecule has 114 valence electrons. The Morgan fingerprint density at radius 2 is 1.73 bits per heavy atom. The maximum atomic E-state index is 5.63. The van der Waals surface area contributed by atoms with Crippen molar-refractivity contribution in [2.24, 2.45) is 0 Å². The third kappa shape index (κ3) is 2.79. The molecule has 1 N–H and O–H groups in total. The van der Waals surface area contributed by atoms with E-state index in [0.717, 1.165) is 35.0 Å². The zero-order valence-electron chi connectivity index (χ0n) is 12.8. The molecule has 2 aromatic carbocycles. The number of benzene rings is 2. The molecule has 0 amide bonds. The molecular weight excluding hydrogens is 294 g/mol. The number of nitrogens with one attached hydrogen (secondary N) is 1. The molecule has 0 spiro atoms. The number of ether oxygens (including phenoxy) is 2. The van der Waals surface area contributed by atoms with Crippen molar-refractivity contribution >= 4 is 22.9 Å². The lowest BCUT2D eigenvalue weighted by molar-refractivity contribution is 0.355. The lowest BCUT2D eigenvalue weighted by atomic mass is 9.93. The highest BCUT2D eigenvalue weighted by atomic mass is 32.1. The highest BCUT2D eigenvalue weighted by molar-refractivity contribution is 7.80. The minimum Gasteiger partial charge on any atom is -0.493 e. The molecule has 0 aromatic heterocycles. The van der Waals surface area contributed by atoms with Crippen LogP contribution in [-0.2, 0) is 6.42 Å². The fraction of sp³-hybridized carbons (Fsp3) is 0.278. The van der Waals surface area contributed by atoms with Crippen LogP contribution in [0.1, 0.15) is 23.5 Å². The number of anilines is 1. The largest absolute Gasteiger partial charge is 0.493 e. The van der Waals surface area contributed by atoms with E-state index in [4.69, 9.17) is 21.7 Å². The van der Waals surface area contributed by atoms with Crippen LogP contribution in [0.2, 0.25) is 0 Å². The Morgan fingerprint density at radius 1 is 1.05 bits per heavy atom. The number of methoxy groups -OCH3 is 2. The lowest BCUT2D eigenvalue weighted by Crippen LogP contribution is -2.17. The van der Waals surface area contributed by atoms with Gasteiger partial charge in [0.15, 0.2) is 11.5 Å². The predicted octanol–water partition coefficient (Wildman–Crippen LogP) is 4.17. The second-order valence-corrected chi connectivity index (χ2v) is 5.80. The molecule has 4 heteroatoms. The number of thiocarbonyl (C=S) groups is 1. The standard InChI is InChI=1S/C18H19NO2S/c1-20-16-10-13-8-9-14(12-6-4-3-5-7-12)18(22)19-15(13)11-17(16)21-2/h3-7,10-11,14H,8-9H2,1-2H3,(H,19,22)/t14-/m0/s1. The molecule has 1 aliphatic rings. The van der Waals surface area contributed by atoms with Gasteiger partial charge in [0.1, 0.15) is 0 Å². The Morgan fingerprint density at radius 3 is 2.41 bits per heavy atom. The summed E-state index contributed by atoms with van der Waals surface area (Å²) in [6.45, 7) is 0. The van der Waals surface area contributed by atoms with Crippen molar-refractivity contribution in [3.8, 4) is 11.5 Å². The number of hydrogen-bond acceptors (Lipinski definition) is 3. The van der Waals surface area contributed by atoms with E-state index in [2.05, 4.69) is 29.6 Å².